The van der Waals surface area contributed by atoms with Gasteiger partial charge in [-0.3, -0.25) is 4.52 Å². The zero-order valence-corrected chi connectivity index (χ0v) is 37.0. The number of fused-ring (bicyclic) bond motifs is 20. The second kappa shape index (κ2) is 14.5. The Morgan fingerprint density at radius 1 is 0.400 bits per heavy atom. The standard InChI is InChI=1S/C57H41O7P/c1-58-46-29-43-48(60-3)27-41-42-28-49(61-4)44-30-47(59-2)40-25-22-35-20-18-33-13-7-10-16-38(33)51(35)53(40)55(44)57(42)64-65(62-45-26-23-31-11-5-8-14-36(31)45)63-56(41)54(43)52-39(46)24-21-34-19-17-32-12-6-9-15-37(32)50(34)52/h5-22,24-25,27-30,45H,23,26H2,1-4H3/t45-/m1/s1. The first kappa shape index (κ1) is 38.1. The molecule has 0 saturated carbocycles. The van der Waals surface area contributed by atoms with Gasteiger partial charge in [-0.25, -0.2) is 0 Å². The number of ether oxygens (including phenoxy) is 4. The Bertz CT molecular complexity index is 3830. The highest BCUT2D eigenvalue weighted by atomic mass is 31.1. The van der Waals surface area contributed by atoms with Crippen molar-refractivity contribution in [2.75, 3.05) is 28.4 Å². The van der Waals surface area contributed by atoms with Crippen LogP contribution in [0.1, 0.15) is 23.7 Å². The van der Waals surface area contributed by atoms with Crippen LogP contribution in [0.5, 0.6) is 23.0 Å². The highest BCUT2D eigenvalue weighted by Crippen LogP contribution is 2.53. The van der Waals surface area contributed by atoms with E-state index in [1.165, 1.54) is 5.56 Å². The number of methoxy groups -OCH3 is 4. The summed E-state index contributed by atoms with van der Waals surface area (Å²) in [7, 11) is 4.77. The topological polar surface area (TPSA) is 72.4 Å². The zero-order chi connectivity index (χ0) is 43.5. The summed E-state index contributed by atoms with van der Waals surface area (Å²) in [6.45, 7) is 0. The summed E-state index contributed by atoms with van der Waals surface area (Å²) >= 11 is 0. The minimum atomic E-state index is -2.11. The summed E-state index contributed by atoms with van der Waals surface area (Å²) < 4.78 is 47.3. The molecule has 7 nitrogen and oxygen atoms in total. The van der Waals surface area contributed by atoms with E-state index in [4.69, 9.17) is 31.9 Å². The van der Waals surface area contributed by atoms with Crippen LogP contribution in [0.4, 0.5) is 0 Å². The Hall–Kier alpha value is -7.44. The quantitative estimate of drug-likeness (QED) is 0.154. The Balaban J connectivity index is 1.31. The molecule has 11 aromatic carbocycles. The molecule has 0 aliphatic heterocycles. The van der Waals surface area contributed by atoms with Crippen molar-refractivity contribution in [1.29, 1.82) is 0 Å². The van der Waals surface area contributed by atoms with E-state index < -0.39 is 8.24 Å². The van der Waals surface area contributed by atoms with Gasteiger partial charge in [0, 0.05) is 53.9 Å². The lowest BCUT2D eigenvalue weighted by Crippen LogP contribution is -2.00. The second-order valence-corrected chi connectivity index (χ2v) is 17.9. The average molecular weight is 869 g/mol. The monoisotopic (exact) mass is 868 g/mol. The van der Waals surface area contributed by atoms with Crippen LogP contribution >= 0.6 is 8.24 Å². The first-order chi connectivity index (χ1) is 32.0. The van der Waals surface area contributed by atoms with Crippen LogP contribution in [0.2, 0.25) is 0 Å². The molecule has 1 aliphatic carbocycles. The van der Waals surface area contributed by atoms with Gasteiger partial charge < -0.3 is 27.3 Å². The number of hydrogen-bond acceptors (Lipinski definition) is 7. The van der Waals surface area contributed by atoms with Gasteiger partial charge in [-0.15, -0.1) is 0 Å². The summed E-state index contributed by atoms with van der Waals surface area (Å²) in [5, 5.41) is 17.8. The average Bonchev–Trinajstić information content (AvgIpc) is 3.69. The number of aryl methyl sites for hydroxylation is 1. The third-order valence-electron chi connectivity index (χ3n) is 13.8. The van der Waals surface area contributed by atoms with E-state index in [1.54, 1.807) is 28.4 Å². The van der Waals surface area contributed by atoms with E-state index in [2.05, 4.69) is 146 Å². The summed E-state index contributed by atoms with van der Waals surface area (Å²) in [4.78, 5) is 0. The molecule has 0 fully saturated rings. The lowest BCUT2D eigenvalue weighted by molar-refractivity contribution is 0.264. The van der Waals surface area contributed by atoms with Gasteiger partial charge in [0.2, 0.25) is 0 Å². The van der Waals surface area contributed by atoms with Crippen LogP contribution in [0.25, 0.3) is 108 Å². The van der Waals surface area contributed by atoms with Crippen molar-refractivity contribution >= 4 is 116 Å². The molecule has 0 spiro atoms. The van der Waals surface area contributed by atoms with E-state index in [1.807, 2.05) is 0 Å². The lowest BCUT2D eigenvalue weighted by Gasteiger charge is -2.17. The van der Waals surface area contributed by atoms with Crippen molar-refractivity contribution < 1.29 is 31.9 Å². The van der Waals surface area contributed by atoms with Gasteiger partial charge in [0.25, 0.3) is 0 Å². The number of hydrogen-bond donors (Lipinski definition) is 0. The summed E-state index contributed by atoms with van der Waals surface area (Å²) in [6.07, 6.45) is 1.48. The first-order valence-corrected chi connectivity index (χ1v) is 23.0. The van der Waals surface area contributed by atoms with E-state index in [0.717, 1.165) is 127 Å². The molecule has 8 heteroatoms. The molecule has 0 amide bonds. The highest BCUT2D eigenvalue weighted by Gasteiger charge is 2.28. The van der Waals surface area contributed by atoms with Crippen molar-refractivity contribution in [2.45, 2.75) is 18.9 Å². The molecule has 65 heavy (non-hydrogen) atoms. The molecule has 0 saturated heterocycles. The predicted octanol–water partition coefficient (Wildman–Crippen LogP) is 15.7. The van der Waals surface area contributed by atoms with E-state index in [9.17, 15) is 0 Å². The molecule has 0 bridgehead atoms. The van der Waals surface area contributed by atoms with Crippen LogP contribution in [-0.2, 0) is 6.42 Å². The van der Waals surface area contributed by atoms with Gasteiger partial charge in [-0.1, -0.05) is 109 Å². The Morgan fingerprint density at radius 2 is 0.831 bits per heavy atom. The Morgan fingerprint density at radius 3 is 1.35 bits per heavy atom. The van der Waals surface area contributed by atoms with Gasteiger partial charge in [0.1, 0.15) is 23.0 Å². The smallest absolute Gasteiger partial charge is 0.388 e. The number of rotatable bonds is 6. The molecule has 13 rings (SSSR count). The molecular formula is C57H41O7P. The highest BCUT2D eigenvalue weighted by molar-refractivity contribution is 7.31. The maximum Gasteiger partial charge on any atom is 0.388 e. The van der Waals surface area contributed by atoms with E-state index >= 15 is 0 Å². The van der Waals surface area contributed by atoms with Crippen molar-refractivity contribution in [3.63, 3.8) is 0 Å². The van der Waals surface area contributed by atoms with Crippen LogP contribution in [0.3, 0.4) is 0 Å². The maximum atomic E-state index is 7.47. The van der Waals surface area contributed by atoms with Crippen LogP contribution in [0, 0.1) is 0 Å². The first-order valence-electron chi connectivity index (χ1n) is 21.9. The van der Waals surface area contributed by atoms with Gasteiger partial charge >= 0.3 is 8.24 Å². The third-order valence-corrected chi connectivity index (χ3v) is 14.8. The summed E-state index contributed by atoms with van der Waals surface area (Å²) in [5.74, 6) is 2.80. The Kier molecular flexibility index (Phi) is 8.52. The molecule has 1 atom stereocenters. The molecule has 1 aromatic heterocycles. The SMILES string of the molecule is COc1cc2c3cc(OC)c4cc(OC)c5ccc6ccc7ccccc7c6c5c4c3op(O[C@@H]3CCc4ccccc43)oc2c2c1cc(OC)c1ccc3ccc4ccccc4c3c12. The largest absolute Gasteiger partial charge is 0.496 e. The molecule has 12 aromatic rings. The van der Waals surface area contributed by atoms with Crippen molar-refractivity contribution in [3.05, 3.63) is 157 Å². The van der Waals surface area contributed by atoms with Gasteiger partial charge in [0.05, 0.1) is 34.5 Å². The second-order valence-electron chi connectivity index (χ2n) is 16.9. The minimum absolute atomic E-state index is 0.237. The fraction of sp³-hybridized carbons (Fsp3) is 0.123. The lowest BCUT2D eigenvalue weighted by atomic mass is 9.90. The molecule has 0 N–H and O–H groups in total. The van der Waals surface area contributed by atoms with Gasteiger partial charge in [-0.05, 0) is 103 Å². The third kappa shape index (κ3) is 5.53. The van der Waals surface area contributed by atoms with Crippen LogP contribution < -0.4 is 23.5 Å². The van der Waals surface area contributed by atoms with Crippen LogP contribution in [0.15, 0.2) is 154 Å². The zero-order valence-electron chi connectivity index (χ0n) is 36.2. The molecule has 1 heterocycles. The van der Waals surface area contributed by atoms with Gasteiger partial charge in [0.15, 0.2) is 11.2 Å². The summed E-state index contributed by atoms with van der Waals surface area (Å²) in [5.41, 5.74) is 3.71. The fourth-order valence-corrected chi connectivity index (χ4v) is 12.1. The minimum Gasteiger partial charge on any atom is -0.496 e. The van der Waals surface area contributed by atoms with Crippen molar-refractivity contribution in [2.24, 2.45) is 0 Å². The molecular weight excluding hydrogens is 828 g/mol. The molecule has 316 valence electrons. The van der Waals surface area contributed by atoms with Crippen molar-refractivity contribution in [1.82, 2.24) is 0 Å². The number of benzene rings is 11. The van der Waals surface area contributed by atoms with Gasteiger partial charge in [-0.2, -0.15) is 0 Å². The normalized spacial score (nSPS) is 13.9. The van der Waals surface area contributed by atoms with E-state index in [-0.39, 0.29) is 6.10 Å². The Labute approximate surface area is 373 Å². The van der Waals surface area contributed by atoms with E-state index in [0.29, 0.717) is 22.7 Å². The molecule has 0 radical (unpaired) electrons. The summed E-state index contributed by atoms with van der Waals surface area (Å²) in [6, 6.07) is 51.3. The molecule has 0 unspecified atom stereocenters. The maximum absolute atomic E-state index is 7.47. The predicted molar refractivity (Wildman–Crippen MR) is 267 cm³/mol. The van der Waals surface area contributed by atoms with Crippen LogP contribution in [-0.4, -0.2) is 28.4 Å². The fourth-order valence-electron chi connectivity index (χ4n) is 10.8. The van der Waals surface area contributed by atoms with Crippen molar-refractivity contribution in [3.8, 4) is 23.0 Å². The molecule has 1 aliphatic rings.